The van der Waals surface area contributed by atoms with Gasteiger partial charge in [0.25, 0.3) is 0 Å². The van der Waals surface area contributed by atoms with Crippen LogP contribution in [0.25, 0.3) is 0 Å². The minimum absolute atomic E-state index is 0.143. The molecule has 1 aromatic carbocycles. The Bertz CT molecular complexity index is 586. The predicted octanol–water partition coefficient (Wildman–Crippen LogP) is 3.73. The molecule has 0 spiro atoms. The van der Waals surface area contributed by atoms with Gasteiger partial charge in [-0.1, -0.05) is 28.1 Å². The number of nitrogens with one attached hydrogen (secondary N) is 1. The molecule has 0 fully saturated rings. The van der Waals surface area contributed by atoms with Crippen molar-refractivity contribution in [3.05, 3.63) is 58.6 Å². The van der Waals surface area contributed by atoms with Gasteiger partial charge in [0.1, 0.15) is 0 Å². The van der Waals surface area contributed by atoms with E-state index < -0.39 is 5.82 Å². The maximum Gasteiger partial charge on any atom is 0.231 e. The van der Waals surface area contributed by atoms with Crippen molar-refractivity contribution < 1.29 is 9.18 Å². The molecule has 0 radical (unpaired) electrons. The van der Waals surface area contributed by atoms with E-state index in [4.69, 9.17) is 0 Å². The van der Waals surface area contributed by atoms with E-state index >= 15 is 0 Å². The topological polar surface area (TPSA) is 42.0 Å². The Kier molecular flexibility index (Phi) is 4.27. The van der Waals surface area contributed by atoms with E-state index in [0.29, 0.717) is 0 Å². The number of hydrogen-bond acceptors (Lipinski definition) is 2. The molecule has 19 heavy (non-hydrogen) atoms. The largest absolute Gasteiger partial charge is 0.323 e. The molecule has 0 saturated heterocycles. The molecule has 1 unspecified atom stereocenters. The van der Waals surface area contributed by atoms with Gasteiger partial charge < -0.3 is 5.32 Å². The van der Waals surface area contributed by atoms with Crippen LogP contribution in [0, 0.1) is 5.82 Å². The van der Waals surface area contributed by atoms with Gasteiger partial charge in [-0.3, -0.25) is 9.78 Å². The molecule has 0 aliphatic rings. The number of aromatic nitrogens is 1. The van der Waals surface area contributed by atoms with E-state index in [1.165, 1.54) is 12.3 Å². The second-order valence-electron chi connectivity index (χ2n) is 4.12. The smallest absolute Gasteiger partial charge is 0.231 e. The third-order valence-electron chi connectivity index (χ3n) is 2.79. The molecule has 0 saturated carbocycles. The van der Waals surface area contributed by atoms with Crippen LogP contribution in [0.2, 0.25) is 0 Å². The molecule has 0 aliphatic carbocycles. The minimum atomic E-state index is -0.543. The number of carbonyl (C=O) groups is 1. The Morgan fingerprint density at radius 1 is 1.32 bits per heavy atom. The first-order valence-corrected chi connectivity index (χ1v) is 6.53. The number of rotatable bonds is 3. The fourth-order valence-electron chi connectivity index (χ4n) is 1.62. The molecular weight excluding hydrogens is 311 g/mol. The zero-order chi connectivity index (χ0) is 13.8. The summed E-state index contributed by atoms with van der Waals surface area (Å²) in [5, 5.41) is 2.56. The Hall–Kier alpha value is -1.75. The fourth-order valence-corrected chi connectivity index (χ4v) is 1.88. The molecule has 2 rings (SSSR count). The van der Waals surface area contributed by atoms with Gasteiger partial charge in [0.15, 0.2) is 5.82 Å². The van der Waals surface area contributed by atoms with Crippen LogP contribution in [0.3, 0.4) is 0 Å². The van der Waals surface area contributed by atoms with E-state index in [1.807, 2.05) is 24.3 Å². The summed E-state index contributed by atoms with van der Waals surface area (Å²) in [4.78, 5) is 15.7. The van der Waals surface area contributed by atoms with E-state index in [1.54, 1.807) is 6.92 Å². The summed E-state index contributed by atoms with van der Waals surface area (Å²) < 4.78 is 14.3. The monoisotopic (exact) mass is 322 g/mol. The quantitative estimate of drug-likeness (QED) is 0.935. The standard InChI is InChI=1S/C14H12BrFN2O/c1-9(10-2-4-11(15)5-3-10)14(19)18-13-6-7-17-8-12(13)16/h2-9H,1H3,(H,17,18,19). The lowest BCUT2D eigenvalue weighted by molar-refractivity contribution is -0.117. The summed E-state index contributed by atoms with van der Waals surface area (Å²) in [6, 6.07) is 8.88. The highest BCUT2D eigenvalue weighted by molar-refractivity contribution is 9.10. The van der Waals surface area contributed by atoms with Crippen molar-refractivity contribution in [2.45, 2.75) is 12.8 Å². The lowest BCUT2D eigenvalue weighted by atomic mass is 10.0. The predicted molar refractivity (Wildman–Crippen MR) is 75.4 cm³/mol. The number of hydrogen-bond donors (Lipinski definition) is 1. The Labute approximate surface area is 119 Å². The summed E-state index contributed by atoms with van der Waals surface area (Å²) in [7, 11) is 0. The van der Waals surface area contributed by atoms with Gasteiger partial charge in [-0.15, -0.1) is 0 Å². The minimum Gasteiger partial charge on any atom is -0.323 e. The number of nitrogens with zero attached hydrogens (tertiary/aromatic N) is 1. The number of anilines is 1. The fraction of sp³-hybridized carbons (Fsp3) is 0.143. The van der Waals surface area contributed by atoms with Crippen LogP contribution in [0.4, 0.5) is 10.1 Å². The van der Waals surface area contributed by atoms with Gasteiger partial charge in [0, 0.05) is 10.7 Å². The molecule has 5 heteroatoms. The van der Waals surface area contributed by atoms with E-state index in [2.05, 4.69) is 26.2 Å². The van der Waals surface area contributed by atoms with Crippen LogP contribution >= 0.6 is 15.9 Å². The molecule has 98 valence electrons. The molecular formula is C14H12BrFN2O. The zero-order valence-electron chi connectivity index (χ0n) is 10.2. The van der Waals surface area contributed by atoms with Crippen molar-refractivity contribution in [2.24, 2.45) is 0 Å². The van der Waals surface area contributed by atoms with Gasteiger partial charge in [0.05, 0.1) is 17.8 Å². The lowest BCUT2D eigenvalue weighted by Gasteiger charge is -2.13. The van der Waals surface area contributed by atoms with E-state index in [0.717, 1.165) is 16.2 Å². The molecule has 1 atom stereocenters. The van der Waals surface area contributed by atoms with Crippen molar-refractivity contribution in [2.75, 3.05) is 5.32 Å². The van der Waals surface area contributed by atoms with Crippen molar-refractivity contribution in [3.8, 4) is 0 Å². The number of pyridine rings is 1. The van der Waals surface area contributed by atoms with Gasteiger partial charge in [0.2, 0.25) is 5.91 Å². The SMILES string of the molecule is CC(C(=O)Nc1ccncc1F)c1ccc(Br)cc1. The first kappa shape index (κ1) is 13.7. The van der Waals surface area contributed by atoms with E-state index in [9.17, 15) is 9.18 Å². The second-order valence-corrected chi connectivity index (χ2v) is 5.03. The molecule has 1 heterocycles. The number of halogens is 2. The maximum atomic E-state index is 13.4. The molecule has 1 aromatic heterocycles. The van der Waals surface area contributed by atoms with Crippen molar-refractivity contribution in [1.29, 1.82) is 0 Å². The van der Waals surface area contributed by atoms with Crippen molar-refractivity contribution >= 4 is 27.5 Å². The molecule has 3 nitrogen and oxygen atoms in total. The van der Waals surface area contributed by atoms with Crippen LogP contribution in [0.15, 0.2) is 47.2 Å². The zero-order valence-corrected chi connectivity index (χ0v) is 11.8. The first-order valence-electron chi connectivity index (χ1n) is 5.74. The summed E-state index contributed by atoms with van der Waals surface area (Å²) in [6.07, 6.45) is 2.50. The van der Waals surface area contributed by atoms with E-state index in [-0.39, 0.29) is 17.5 Å². The maximum absolute atomic E-state index is 13.4. The molecule has 2 aromatic rings. The van der Waals surface area contributed by atoms with Crippen molar-refractivity contribution in [3.63, 3.8) is 0 Å². The summed E-state index contributed by atoms with van der Waals surface area (Å²) in [5.74, 6) is -1.16. The Balaban J connectivity index is 2.12. The highest BCUT2D eigenvalue weighted by atomic mass is 79.9. The summed E-state index contributed by atoms with van der Waals surface area (Å²) in [5.41, 5.74) is 1.01. The molecule has 0 aliphatic heterocycles. The molecule has 0 bridgehead atoms. The normalized spacial score (nSPS) is 11.9. The molecule has 1 N–H and O–H groups in total. The third kappa shape index (κ3) is 3.38. The van der Waals surface area contributed by atoms with Gasteiger partial charge >= 0.3 is 0 Å². The molecule has 1 amide bonds. The third-order valence-corrected chi connectivity index (χ3v) is 3.32. The average Bonchev–Trinajstić information content (AvgIpc) is 2.41. The summed E-state index contributed by atoms with van der Waals surface area (Å²) in [6.45, 7) is 1.78. The number of amides is 1. The van der Waals surface area contributed by atoms with Crippen LogP contribution in [0.5, 0.6) is 0 Å². The highest BCUT2D eigenvalue weighted by Crippen LogP contribution is 2.21. The van der Waals surface area contributed by atoms with Crippen LogP contribution < -0.4 is 5.32 Å². The number of carbonyl (C=O) groups excluding carboxylic acids is 1. The van der Waals surface area contributed by atoms with Gasteiger partial charge in [-0.05, 0) is 30.7 Å². The Morgan fingerprint density at radius 3 is 2.63 bits per heavy atom. The average molecular weight is 323 g/mol. The van der Waals surface area contributed by atoms with Crippen molar-refractivity contribution in [1.82, 2.24) is 4.98 Å². The van der Waals surface area contributed by atoms with Crippen LogP contribution in [-0.4, -0.2) is 10.9 Å². The van der Waals surface area contributed by atoms with Gasteiger partial charge in [-0.25, -0.2) is 4.39 Å². The van der Waals surface area contributed by atoms with Crippen LogP contribution in [-0.2, 0) is 4.79 Å². The second kappa shape index (κ2) is 5.93. The first-order chi connectivity index (χ1) is 9.08. The highest BCUT2D eigenvalue weighted by Gasteiger charge is 2.16. The van der Waals surface area contributed by atoms with Gasteiger partial charge in [-0.2, -0.15) is 0 Å². The summed E-state index contributed by atoms with van der Waals surface area (Å²) >= 11 is 3.34. The van der Waals surface area contributed by atoms with Crippen LogP contribution in [0.1, 0.15) is 18.4 Å². The lowest BCUT2D eigenvalue weighted by Crippen LogP contribution is -2.19. The Morgan fingerprint density at radius 2 is 2.00 bits per heavy atom. The number of benzene rings is 1.